The summed E-state index contributed by atoms with van der Waals surface area (Å²) in [7, 11) is 12.1. The van der Waals surface area contributed by atoms with Gasteiger partial charge in [-0.3, -0.25) is 0 Å². The van der Waals surface area contributed by atoms with E-state index < -0.39 is 20.3 Å². The molecule has 0 radical (unpaired) electrons. The van der Waals surface area contributed by atoms with Crippen LogP contribution < -0.4 is 3.12 Å². The van der Waals surface area contributed by atoms with E-state index in [4.69, 9.17) is 16.6 Å². The summed E-state index contributed by atoms with van der Waals surface area (Å²) >= 11 is -2.44. The monoisotopic (exact) mass is 394 g/mol. The molecule has 0 unspecified atom stereocenters. The van der Waals surface area contributed by atoms with Crippen molar-refractivity contribution < 1.29 is 0 Å². The number of hydrogen-bond acceptors (Lipinski definition) is 0. The summed E-state index contributed by atoms with van der Waals surface area (Å²) < 4.78 is 1.25. The molecule has 3 heteroatoms. The van der Waals surface area contributed by atoms with Crippen molar-refractivity contribution in [3.63, 3.8) is 0 Å². The molecule has 1 aromatic rings. The summed E-state index contributed by atoms with van der Waals surface area (Å²) in [4.78, 5) is 0. The zero-order valence-electron chi connectivity index (χ0n) is 7.22. The Kier molecular flexibility index (Phi) is 4.34. The van der Waals surface area contributed by atoms with Crippen LogP contribution in [-0.2, 0) is 0 Å². The van der Waals surface area contributed by atoms with E-state index in [1.54, 1.807) is 0 Å². The fourth-order valence-electron chi connectivity index (χ4n) is 1.24. The van der Waals surface area contributed by atoms with Crippen molar-refractivity contribution in [2.75, 3.05) is 0 Å². The average molecular weight is 394 g/mol. The van der Waals surface area contributed by atoms with E-state index in [0.29, 0.717) is 5.92 Å². The van der Waals surface area contributed by atoms with E-state index in [2.05, 4.69) is 26.0 Å². The second-order valence-electron chi connectivity index (χ2n) is 3.08. The first-order valence-electron chi connectivity index (χ1n) is 4.00. The van der Waals surface area contributed by atoms with Gasteiger partial charge in [0, 0.05) is 0 Å². The third-order valence-corrected chi connectivity index (χ3v) is 9.85. The molecule has 1 aromatic carbocycles. The first-order chi connectivity index (χ1) is 5.63. The molecule has 0 nitrogen and oxygen atoms in total. The van der Waals surface area contributed by atoms with Crippen LogP contribution in [0.4, 0.5) is 0 Å². The molecule has 0 saturated heterocycles. The Morgan fingerprint density at radius 3 is 2.17 bits per heavy atom. The normalized spacial score (nSPS) is 10.4. The van der Waals surface area contributed by atoms with Gasteiger partial charge in [-0.1, -0.05) is 0 Å². The summed E-state index contributed by atoms with van der Waals surface area (Å²) in [5.41, 5.74) is 1.33. The molecule has 0 aliphatic carbocycles. The molecule has 0 bridgehead atoms. The molecule has 1 rings (SSSR count). The Morgan fingerprint density at radius 1 is 1.17 bits per heavy atom. The molecular weight excluding hydrogens is 383 g/mol. The van der Waals surface area contributed by atoms with Crippen LogP contribution in [-0.4, -0.2) is 20.3 Å². The molecule has 0 saturated carbocycles. The number of hydrogen-bond donors (Lipinski definition) is 0. The third kappa shape index (κ3) is 2.61. The van der Waals surface area contributed by atoms with Crippen LogP contribution in [0.25, 0.3) is 0 Å². The van der Waals surface area contributed by atoms with E-state index in [0.717, 1.165) is 0 Å². The maximum atomic E-state index is 6.04. The summed E-state index contributed by atoms with van der Waals surface area (Å²) in [6, 6.07) is 8.25. The fraction of sp³-hybridized carbons (Fsp3) is 0.333. The zero-order chi connectivity index (χ0) is 9.14. The summed E-state index contributed by atoms with van der Waals surface area (Å²) in [5.74, 6) is 0.529. The molecule has 64 valence electrons. The Hall–Kier alpha value is 0.722. The van der Waals surface area contributed by atoms with Crippen molar-refractivity contribution in [2.24, 2.45) is 0 Å². The van der Waals surface area contributed by atoms with E-state index >= 15 is 0 Å². The van der Waals surface area contributed by atoms with E-state index in [-0.39, 0.29) is 0 Å². The van der Waals surface area contributed by atoms with Crippen LogP contribution in [0.1, 0.15) is 25.3 Å². The topological polar surface area (TPSA) is 0 Å². The summed E-state index contributed by atoms with van der Waals surface area (Å²) in [6.45, 7) is 4.34. The van der Waals surface area contributed by atoms with Gasteiger partial charge < -0.3 is 0 Å². The van der Waals surface area contributed by atoms with Gasteiger partial charge in [-0.05, 0) is 0 Å². The molecule has 0 heterocycles. The van der Waals surface area contributed by atoms with Gasteiger partial charge in [0.25, 0.3) is 0 Å². The van der Waals surface area contributed by atoms with Gasteiger partial charge in [-0.25, -0.2) is 0 Å². The molecule has 0 aliphatic heterocycles. The SMILES string of the molecule is CC(C)c1cccc[c]1[Tl]([Cl])[Cl]. The standard InChI is InChI=1S/C9H11.2ClH.Tl/c1-8(2)9-6-4-3-5-7-9;;;/h3-6,8H,1-2H3;2*1H;/q;;;+2/p-2. The van der Waals surface area contributed by atoms with E-state index in [1.165, 1.54) is 8.69 Å². The Morgan fingerprint density at radius 2 is 1.75 bits per heavy atom. The minimum atomic E-state index is -2.44. The van der Waals surface area contributed by atoms with Gasteiger partial charge in [0.05, 0.1) is 0 Å². The van der Waals surface area contributed by atoms with Crippen molar-refractivity contribution >= 4 is 40.0 Å². The second kappa shape index (κ2) is 4.82. The Bertz CT molecular complexity index is 231. The van der Waals surface area contributed by atoms with Crippen LogP contribution in [0.15, 0.2) is 24.3 Å². The van der Waals surface area contributed by atoms with Crippen molar-refractivity contribution in [1.29, 1.82) is 0 Å². The van der Waals surface area contributed by atoms with Crippen LogP contribution in [0.3, 0.4) is 0 Å². The van der Waals surface area contributed by atoms with Gasteiger partial charge >= 0.3 is 89.6 Å². The van der Waals surface area contributed by atoms with E-state index in [9.17, 15) is 0 Å². The van der Waals surface area contributed by atoms with E-state index in [1.807, 2.05) is 12.1 Å². The van der Waals surface area contributed by atoms with Crippen LogP contribution in [0.5, 0.6) is 0 Å². The second-order valence-corrected chi connectivity index (χ2v) is 17.5. The average Bonchev–Trinajstić information content (AvgIpc) is 2.04. The Labute approximate surface area is 88.9 Å². The number of halogens is 2. The third-order valence-electron chi connectivity index (χ3n) is 1.85. The zero-order valence-corrected chi connectivity index (χ0v) is 13.2. The van der Waals surface area contributed by atoms with Gasteiger partial charge in [0.1, 0.15) is 0 Å². The van der Waals surface area contributed by atoms with Crippen molar-refractivity contribution in [3.8, 4) is 0 Å². The molecule has 0 spiro atoms. The van der Waals surface area contributed by atoms with Crippen LogP contribution in [0, 0.1) is 0 Å². The van der Waals surface area contributed by atoms with Gasteiger partial charge in [0.15, 0.2) is 0 Å². The van der Waals surface area contributed by atoms with Gasteiger partial charge in [-0.15, -0.1) is 0 Å². The van der Waals surface area contributed by atoms with Crippen molar-refractivity contribution in [3.05, 3.63) is 29.8 Å². The molecule has 0 amide bonds. The van der Waals surface area contributed by atoms with Crippen molar-refractivity contribution in [1.82, 2.24) is 0 Å². The van der Waals surface area contributed by atoms with Crippen LogP contribution in [0.2, 0.25) is 0 Å². The molecule has 0 aliphatic rings. The molecule has 0 atom stereocenters. The number of benzene rings is 1. The predicted octanol–water partition coefficient (Wildman–Crippen LogP) is 2.98. The molecule has 0 aromatic heterocycles. The molecule has 0 N–H and O–H groups in total. The Balaban J connectivity index is 3.09. The van der Waals surface area contributed by atoms with Crippen molar-refractivity contribution in [2.45, 2.75) is 19.8 Å². The number of rotatable bonds is 2. The first-order valence-corrected chi connectivity index (χ1v) is 17.3. The van der Waals surface area contributed by atoms with Gasteiger partial charge in [0.2, 0.25) is 0 Å². The predicted molar refractivity (Wildman–Crippen MR) is 57.6 cm³/mol. The minimum absolute atomic E-state index is 0.529. The molecule has 0 fully saturated rings. The maximum absolute atomic E-state index is 6.04. The first kappa shape index (κ1) is 10.8. The molecular formula is C9H11Cl2Tl. The summed E-state index contributed by atoms with van der Waals surface area (Å²) in [5, 5.41) is 0. The fourth-order valence-corrected chi connectivity index (χ4v) is 8.37. The quantitative estimate of drug-likeness (QED) is 0.677. The molecule has 12 heavy (non-hydrogen) atoms. The van der Waals surface area contributed by atoms with Gasteiger partial charge in [-0.2, -0.15) is 0 Å². The summed E-state index contributed by atoms with van der Waals surface area (Å²) in [6.07, 6.45) is 0. The van der Waals surface area contributed by atoms with Crippen LogP contribution >= 0.6 is 16.6 Å².